The Labute approximate surface area is 108 Å². The van der Waals surface area contributed by atoms with Crippen molar-refractivity contribution in [2.24, 2.45) is 5.92 Å². The van der Waals surface area contributed by atoms with Gasteiger partial charge in [0.15, 0.2) is 0 Å². The van der Waals surface area contributed by atoms with Gasteiger partial charge in [-0.25, -0.2) is 13.1 Å². The Morgan fingerprint density at radius 3 is 2.53 bits per heavy atom. The molecule has 17 heavy (non-hydrogen) atoms. The molecule has 0 saturated heterocycles. The van der Waals surface area contributed by atoms with Crippen LogP contribution in [0.15, 0.2) is 23.1 Å². The zero-order valence-corrected chi connectivity index (χ0v) is 11.9. The predicted molar refractivity (Wildman–Crippen MR) is 70.8 cm³/mol. The van der Waals surface area contributed by atoms with E-state index in [1.807, 2.05) is 0 Å². The molecule has 1 aromatic rings. The minimum absolute atomic E-state index is 0.267. The second-order valence-electron chi connectivity index (χ2n) is 4.49. The third-order valence-corrected chi connectivity index (χ3v) is 4.34. The van der Waals surface area contributed by atoms with E-state index in [1.165, 1.54) is 6.07 Å². The fourth-order valence-corrected chi connectivity index (χ4v) is 2.60. The Balaban J connectivity index is 2.79. The maximum Gasteiger partial charge on any atom is 0.240 e. The van der Waals surface area contributed by atoms with Crippen molar-refractivity contribution in [3.63, 3.8) is 0 Å². The van der Waals surface area contributed by atoms with Gasteiger partial charge < -0.3 is 0 Å². The molecule has 0 heterocycles. The van der Waals surface area contributed by atoms with Crippen LogP contribution in [-0.4, -0.2) is 15.0 Å². The van der Waals surface area contributed by atoms with Crippen LogP contribution in [0.25, 0.3) is 0 Å². The summed E-state index contributed by atoms with van der Waals surface area (Å²) in [5.74, 6) is 0.477. The SMILES string of the molecule is Cc1cc(S(=O)(=O)NCCC(C)C)ccc1Cl. The summed E-state index contributed by atoms with van der Waals surface area (Å²) in [4.78, 5) is 0.267. The first-order valence-corrected chi connectivity index (χ1v) is 7.45. The number of aryl methyl sites for hydroxylation is 1. The van der Waals surface area contributed by atoms with Crippen LogP contribution in [0, 0.1) is 12.8 Å². The van der Waals surface area contributed by atoms with Crippen molar-refractivity contribution >= 4 is 21.6 Å². The van der Waals surface area contributed by atoms with Gasteiger partial charge >= 0.3 is 0 Å². The summed E-state index contributed by atoms with van der Waals surface area (Å²) in [6, 6.07) is 4.71. The number of sulfonamides is 1. The summed E-state index contributed by atoms with van der Waals surface area (Å²) in [5.41, 5.74) is 0.762. The molecule has 0 amide bonds. The van der Waals surface area contributed by atoms with Crippen LogP contribution in [0.3, 0.4) is 0 Å². The molecule has 0 radical (unpaired) electrons. The summed E-state index contributed by atoms with van der Waals surface area (Å²) >= 11 is 5.86. The molecule has 5 heteroatoms. The van der Waals surface area contributed by atoms with E-state index < -0.39 is 10.0 Å². The Morgan fingerprint density at radius 2 is 2.00 bits per heavy atom. The second-order valence-corrected chi connectivity index (χ2v) is 6.67. The smallest absolute Gasteiger partial charge is 0.211 e. The van der Waals surface area contributed by atoms with Gasteiger partial charge in [0, 0.05) is 11.6 Å². The highest BCUT2D eigenvalue weighted by Crippen LogP contribution is 2.19. The number of hydrogen-bond acceptors (Lipinski definition) is 2. The molecule has 0 saturated carbocycles. The maximum absolute atomic E-state index is 11.9. The van der Waals surface area contributed by atoms with Crippen molar-refractivity contribution in [1.82, 2.24) is 4.72 Å². The lowest BCUT2D eigenvalue weighted by molar-refractivity contribution is 0.551. The highest BCUT2D eigenvalue weighted by atomic mass is 35.5. The lowest BCUT2D eigenvalue weighted by Gasteiger charge is -2.09. The average molecular weight is 276 g/mol. The van der Waals surface area contributed by atoms with Crippen molar-refractivity contribution in [3.05, 3.63) is 28.8 Å². The van der Waals surface area contributed by atoms with E-state index in [0.29, 0.717) is 17.5 Å². The largest absolute Gasteiger partial charge is 0.240 e. The number of nitrogens with one attached hydrogen (secondary N) is 1. The van der Waals surface area contributed by atoms with Crippen LogP contribution in [0.4, 0.5) is 0 Å². The van der Waals surface area contributed by atoms with Crippen LogP contribution < -0.4 is 4.72 Å². The van der Waals surface area contributed by atoms with Crippen molar-refractivity contribution < 1.29 is 8.42 Å². The molecule has 0 aliphatic heterocycles. The minimum atomic E-state index is -3.40. The van der Waals surface area contributed by atoms with Crippen LogP contribution in [0.1, 0.15) is 25.8 Å². The second kappa shape index (κ2) is 5.85. The third-order valence-electron chi connectivity index (χ3n) is 2.45. The molecule has 1 aromatic carbocycles. The lowest BCUT2D eigenvalue weighted by atomic mass is 10.1. The Bertz CT molecular complexity index is 483. The first kappa shape index (κ1) is 14.5. The molecule has 0 aliphatic carbocycles. The molecule has 0 atom stereocenters. The molecular formula is C12H18ClNO2S. The standard InChI is InChI=1S/C12H18ClNO2S/c1-9(2)6-7-14-17(15,16)11-4-5-12(13)10(3)8-11/h4-5,8-9,14H,6-7H2,1-3H3. The van der Waals surface area contributed by atoms with Crippen LogP contribution >= 0.6 is 11.6 Å². The highest BCUT2D eigenvalue weighted by molar-refractivity contribution is 7.89. The summed E-state index contributed by atoms with van der Waals surface area (Å²) in [6.45, 7) is 6.36. The maximum atomic E-state index is 11.9. The fourth-order valence-electron chi connectivity index (χ4n) is 1.35. The van der Waals surface area contributed by atoms with E-state index in [9.17, 15) is 8.42 Å². The molecule has 3 nitrogen and oxygen atoms in total. The van der Waals surface area contributed by atoms with Crippen molar-refractivity contribution in [2.75, 3.05) is 6.54 Å². The van der Waals surface area contributed by atoms with Crippen LogP contribution in [0.5, 0.6) is 0 Å². The van der Waals surface area contributed by atoms with Crippen LogP contribution in [0.2, 0.25) is 5.02 Å². The summed E-state index contributed by atoms with van der Waals surface area (Å²) < 4.78 is 26.4. The molecule has 0 fully saturated rings. The first-order chi connectivity index (χ1) is 7.83. The zero-order chi connectivity index (χ0) is 13.1. The van der Waals surface area contributed by atoms with Crippen LogP contribution in [-0.2, 0) is 10.0 Å². The van der Waals surface area contributed by atoms with Gasteiger partial charge in [-0.3, -0.25) is 0 Å². The normalized spacial score (nSPS) is 12.1. The van der Waals surface area contributed by atoms with Gasteiger partial charge in [-0.1, -0.05) is 25.4 Å². The lowest BCUT2D eigenvalue weighted by Crippen LogP contribution is -2.25. The minimum Gasteiger partial charge on any atom is -0.211 e. The monoisotopic (exact) mass is 275 g/mol. The number of benzene rings is 1. The topological polar surface area (TPSA) is 46.2 Å². The molecule has 0 unspecified atom stereocenters. The predicted octanol–water partition coefficient (Wildman–Crippen LogP) is 2.97. The van der Waals surface area contributed by atoms with Gasteiger partial charge in [0.05, 0.1) is 4.90 Å². The molecule has 0 aliphatic rings. The molecule has 1 N–H and O–H groups in total. The van der Waals surface area contributed by atoms with E-state index in [1.54, 1.807) is 19.1 Å². The quantitative estimate of drug-likeness (QED) is 0.898. The molecule has 0 bridgehead atoms. The van der Waals surface area contributed by atoms with Gasteiger partial charge in [0.25, 0.3) is 0 Å². The molecule has 0 aromatic heterocycles. The first-order valence-electron chi connectivity index (χ1n) is 5.59. The van der Waals surface area contributed by atoms with Gasteiger partial charge in [-0.05, 0) is 43.0 Å². The summed E-state index contributed by atoms with van der Waals surface area (Å²) in [6.07, 6.45) is 0.825. The Morgan fingerprint density at radius 1 is 1.35 bits per heavy atom. The van der Waals surface area contributed by atoms with Gasteiger partial charge in [0.2, 0.25) is 10.0 Å². The van der Waals surface area contributed by atoms with E-state index in [0.717, 1.165) is 12.0 Å². The average Bonchev–Trinajstić information content (AvgIpc) is 2.21. The van der Waals surface area contributed by atoms with E-state index >= 15 is 0 Å². The molecule has 0 spiro atoms. The van der Waals surface area contributed by atoms with E-state index in [4.69, 9.17) is 11.6 Å². The van der Waals surface area contributed by atoms with E-state index in [-0.39, 0.29) is 4.90 Å². The molecule has 96 valence electrons. The van der Waals surface area contributed by atoms with E-state index in [2.05, 4.69) is 18.6 Å². The highest BCUT2D eigenvalue weighted by Gasteiger charge is 2.14. The number of halogens is 1. The zero-order valence-electron chi connectivity index (χ0n) is 10.3. The molecular weight excluding hydrogens is 258 g/mol. The molecule has 1 rings (SSSR count). The van der Waals surface area contributed by atoms with Gasteiger partial charge in [-0.2, -0.15) is 0 Å². The Kier molecular flexibility index (Phi) is 4.98. The van der Waals surface area contributed by atoms with Crippen molar-refractivity contribution in [3.8, 4) is 0 Å². The Hall–Kier alpha value is -0.580. The number of rotatable bonds is 5. The fraction of sp³-hybridized carbons (Fsp3) is 0.500. The van der Waals surface area contributed by atoms with Crippen molar-refractivity contribution in [2.45, 2.75) is 32.1 Å². The van der Waals surface area contributed by atoms with Crippen molar-refractivity contribution in [1.29, 1.82) is 0 Å². The third kappa shape index (κ3) is 4.30. The number of hydrogen-bond donors (Lipinski definition) is 1. The summed E-state index contributed by atoms with van der Waals surface area (Å²) in [7, 11) is -3.40. The summed E-state index contributed by atoms with van der Waals surface area (Å²) in [5, 5.41) is 0.575. The van der Waals surface area contributed by atoms with Gasteiger partial charge in [-0.15, -0.1) is 0 Å². The van der Waals surface area contributed by atoms with Gasteiger partial charge in [0.1, 0.15) is 0 Å².